The van der Waals surface area contributed by atoms with Crippen LogP contribution in [0.3, 0.4) is 0 Å². The van der Waals surface area contributed by atoms with E-state index in [2.05, 4.69) is 25.3 Å². The van der Waals surface area contributed by atoms with Crippen LogP contribution in [0.5, 0.6) is 0 Å². The van der Waals surface area contributed by atoms with Gasteiger partial charge in [0, 0.05) is 0 Å². The number of hydrogen-bond acceptors (Lipinski definition) is 5. The lowest BCUT2D eigenvalue weighted by atomic mass is 10.2. The number of benzene rings is 1. The van der Waals surface area contributed by atoms with Crippen molar-refractivity contribution < 1.29 is 4.39 Å². The second kappa shape index (κ2) is 5.12. The fourth-order valence-corrected chi connectivity index (χ4v) is 3.32. The van der Waals surface area contributed by atoms with E-state index < -0.39 is 5.82 Å². The Hall–Kier alpha value is -0.970. The molecule has 0 unspecified atom stereocenters. The highest BCUT2D eigenvalue weighted by Crippen LogP contribution is 2.34. The summed E-state index contributed by atoms with van der Waals surface area (Å²) in [5.74, 6) is 0.229. The molecule has 0 spiro atoms. The molecular weight excluding hydrogens is 325 g/mol. The first-order chi connectivity index (χ1) is 8.11. The van der Waals surface area contributed by atoms with Gasteiger partial charge in [0.15, 0.2) is 10.2 Å². The maximum Gasteiger partial charge on any atom is 0.174 e. The van der Waals surface area contributed by atoms with Crippen molar-refractivity contribution in [3.63, 3.8) is 0 Å². The van der Waals surface area contributed by atoms with Gasteiger partial charge in [-0.2, -0.15) is 9.64 Å². The Kier molecular flexibility index (Phi) is 3.76. The number of hydrogen-bond donors (Lipinski definition) is 0. The second-order valence-corrected chi connectivity index (χ2v) is 5.89. The summed E-state index contributed by atoms with van der Waals surface area (Å²) in [6.45, 7) is 1.78. The van der Waals surface area contributed by atoms with Crippen LogP contribution in [0.4, 0.5) is 4.39 Å². The molecule has 7 heteroatoms. The molecule has 0 atom stereocenters. The van der Waals surface area contributed by atoms with E-state index in [9.17, 15) is 4.39 Å². The average molecular weight is 330 g/mol. The van der Waals surface area contributed by atoms with Crippen molar-refractivity contribution in [1.29, 1.82) is 5.26 Å². The van der Waals surface area contributed by atoms with Crippen LogP contribution in [0.25, 0.3) is 0 Å². The minimum atomic E-state index is -0.443. The maximum absolute atomic E-state index is 13.9. The van der Waals surface area contributed by atoms with Crippen molar-refractivity contribution in [2.24, 2.45) is 0 Å². The van der Waals surface area contributed by atoms with Crippen LogP contribution in [0.1, 0.15) is 11.4 Å². The van der Waals surface area contributed by atoms with Crippen molar-refractivity contribution >= 4 is 39.2 Å². The zero-order valence-corrected chi connectivity index (χ0v) is 11.8. The quantitative estimate of drug-likeness (QED) is 0.841. The lowest BCUT2D eigenvalue weighted by Gasteiger charge is -2.03. The zero-order valence-electron chi connectivity index (χ0n) is 8.57. The fourth-order valence-electron chi connectivity index (χ4n) is 1.11. The first-order valence-electron chi connectivity index (χ1n) is 4.48. The number of rotatable bonds is 2. The highest BCUT2D eigenvalue weighted by Gasteiger charge is 2.13. The third kappa shape index (κ3) is 2.65. The molecular formula is C10H5BrFN3S2. The Bertz CT molecular complexity index is 606. The minimum Gasteiger partial charge on any atom is -0.213 e. The Morgan fingerprint density at radius 3 is 2.88 bits per heavy atom. The van der Waals surface area contributed by atoms with Gasteiger partial charge in [-0.3, -0.25) is 0 Å². The second-order valence-electron chi connectivity index (χ2n) is 3.06. The normalized spacial score (nSPS) is 10.2. The van der Waals surface area contributed by atoms with Crippen molar-refractivity contribution in [3.05, 3.63) is 33.8 Å². The molecule has 0 aliphatic carbocycles. The molecule has 86 valence electrons. The van der Waals surface area contributed by atoms with Crippen LogP contribution in [0.2, 0.25) is 0 Å². The van der Waals surface area contributed by atoms with Crippen LogP contribution in [-0.4, -0.2) is 9.36 Å². The van der Waals surface area contributed by atoms with Crippen LogP contribution >= 0.6 is 39.2 Å². The van der Waals surface area contributed by atoms with Gasteiger partial charge in [0.1, 0.15) is 11.9 Å². The monoisotopic (exact) mass is 329 g/mol. The van der Waals surface area contributed by atoms with Gasteiger partial charge in [-0.1, -0.05) is 11.8 Å². The summed E-state index contributed by atoms with van der Waals surface area (Å²) in [7, 11) is 0. The SMILES string of the molecule is Cc1nsc(Sc2ccc(C#N)c(Br)c2F)n1. The van der Waals surface area contributed by atoms with Crippen LogP contribution < -0.4 is 0 Å². The molecule has 0 fully saturated rings. The third-order valence-corrected chi connectivity index (χ3v) is 4.53. The van der Waals surface area contributed by atoms with E-state index in [1.807, 2.05) is 6.07 Å². The summed E-state index contributed by atoms with van der Waals surface area (Å²) in [5, 5.41) is 8.75. The van der Waals surface area contributed by atoms with E-state index in [1.165, 1.54) is 23.3 Å². The standard InChI is InChI=1S/C10H5BrFN3S2/c1-5-14-10(17-15-5)16-7-3-2-6(4-13)8(11)9(7)12/h2-3H,1H3. The third-order valence-electron chi connectivity index (χ3n) is 1.87. The van der Waals surface area contributed by atoms with Crippen LogP contribution in [0.15, 0.2) is 25.8 Å². The molecule has 0 bridgehead atoms. The Balaban J connectivity index is 2.35. The Morgan fingerprint density at radius 2 is 2.29 bits per heavy atom. The van der Waals surface area contributed by atoms with E-state index in [-0.39, 0.29) is 10.0 Å². The molecule has 0 aliphatic heterocycles. The number of aromatic nitrogens is 2. The molecule has 2 rings (SSSR count). The first-order valence-corrected chi connectivity index (χ1v) is 6.86. The molecule has 17 heavy (non-hydrogen) atoms. The number of nitriles is 1. The highest BCUT2D eigenvalue weighted by atomic mass is 79.9. The van der Waals surface area contributed by atoms with E-state index in [0.717, 1.165) is 0 Å². The number of aryl methyl sites for hydroxylation is 1. The fraction of sp³-hybridized carbons (Fsp3) is 0.100. The summed E-state index contributed by atoms with van der Waals surface area (Å²) >= 11 is 5.49. The summed E-state index contributed by atoms with van der Waals surface area (Å²) < 4.78 is 18.8. The van der Waals surface area contributed by atoms with Gasteiger partial charge in [-0.05, 0) is 46.5 Å². The summed E-state index contributed by atoms with van der Waals surface area (Å²) in [6.07, 6.45) is 0. The topological polar surface area (TPSA) is 49.6 Å². The molecule has 0 saturated carbocycles. The molecule has 3 nitrogen and oxygen atoms in total. The summed E-state index contributed by atoms with van der Waals surface area (Å²) in [4.78, 5) is 4.57. The largest absolute Gasteiger partial charge is 0.213 e. The summed E-state index contributed by atoms with van der Waals surface area (Å²) in [6, 6.07) is 5.05. The predicted octanol–water partition coefficient (Wildman–Crippen LogP) is 3.77. The molecule has 1 aromatic carbocycles. The van der Waals surface area contributed by atoms with Crippen LogP contribution in [-0.2, 0) is 0 Å². The van der Waals surface area contributed by atoms with Gasteiger partial charge < -0.3 is 0 Å². The average Bonchev–Trinajstić information content (AvgIpc) is 2.71. The number of halogens is 2. The molecule has 0 N–H and O–H groups in total. The lowest BCUT2D eigenvalue weighted by molar-refractivity contribution is 0.594. The highest BCUT2D eigenvalue weighted by molar-refractivity contribution is 9.10. The lowest BCUT2D eigenvalue weighted by Crippen LogP contribution is -1.87. The van der Waals surface area contributed by atoms with E-state index in [0.29, 0.717) is 15.1 Å². The molecule has 0 aliphatic rings. The molecule has 1 heterocycles. The molecule has 0 amide bonds. The van der Waals surface area contributed by atoms with E-state index in [1.54, 1.807) is 19.1 Å². The Morgan fingerprint density at radius 1 is 1.53 bits per heavy atom. The summed E-state index contributed by atoms with van der Waals surface area (Å²) in [5.41, 5.74) is 0.278. The zero-order chi connectivity index (χ0) is 12.4. The maximum atomic E-state index is 13.9. The molecule has 0 saturated heterocycles. The van der Waals surface area contributed by atoms with Gasteiger partial charge >= 0.3 is 0 Å². The molecule has 2 aromatic rings. The van der Waals surface area contributed by atoms with Gasteiger partial charge in [-0.15, -0.1) is 0 Å². The molecule has 1 aromatic heterocycles. The smallest absolute Gasteiger partial charge is 0.174 e. The van der Waals surface area contributed by atoms with Crippen molar-refractivity contribution in [2.75, 3.05) is 0 Å². The van der Waals surface area contributed by atoms with Crippen LogP contribution in [0, 0.1) is 24.1 Å². The predicted molar refractivity (Wildman–Crippen MR) is 67.6 cm³/mol. The van der Waals surface area contributed by atoms with Gasteiger partial charge in [-0.25, -0.2) is 9.37 Å². The van der Waals surface area contributed by atoms with Gasteiger partial charge in [0.25, 0.3) is 0 Å². The molecule has 0 radical (unpaired) electrons. The first kappa shape index (κ1) is 12.5. The van der Waals surface area contributed by atoms with Crippen molar-refractivity contribution in [3.8, 4) is 6.07 Å². The van der Waals surface area contributed by atoms with E-state index >= 15 is 0 Å². The van der Waals surface area contributed by atoms with Gasteiger partial charge in [0.05, 0.1) is 14.9 Å². The number of nitrogens with zero attached hydrogens (tertiary/aromatic N) is 3. The van der Waals surface area contributed by atoms with Crippen molar-refractivity contribution in [1.82, 2.24) is 9.36 Å². The van der Waals surface area contributed by atoms with Gasteiger partial charge in [0.2, 0.25) is 0 Å². The minimum absolute atomic E-state index is 0.186. The Labute approximate surface area is 114 Å². The van der Waals surface area contributed by atoms with Crippen molar-refractivity contribution in [2.45, 2.75) is 16.2 Å². The van der Waals surface area contributed by atoms with E-state index in [4.69, 9.17) is 5.26 Å².